The summed E-state index contributed by atoms with van der Waals surface area (Å²) in [4.78, 5) is 15.4. The second-order valence-electron chi connectivity index (χ2n) is 3.16. The van der Waals surface area contributed by atoms with Gasteiger partial charge in [-0.3, -0.25) is 4.79 Å². The Morgan fingerprint density at radius 2 is 2.44 bits per heavy atom. The Hall–Kier alpha value is -1.73. The number of anilines is 1. The first kappa shape index (κ1) is 12.3. The number of rotatable bonds is 4. The van der Waals surface area contributed by atoms with Gasteiger partial charge in [0.1, 0.15) is 5.15 Å². The Balaban J connectivity index is 2.59. The Morgan fingerprint density at radius 1 is 1.69 bits per heavy atom. The number of carbonyl (C=O) groups excluding carboxylic acids is 1. The molecule has 16 heavy (non-hydrogen) atoms. The van der Waals surface area contributed by atoms with E-state index < -0.39 is 0 Å². The number of nitrogen functional groups attached to an aromatic ring is 1. The number of terminal acetylenes is 1. The van der Waals surface area contributed by atoms with E-state index in [1.807, 2.05) is 0 Å². The lowest BCUT2D eigenvalue weighted by Crippen LogP contribution is -2.25. The summed E-state index contributed by atoms with van der Waals surface area (Å²) in [5, 5.41) is 2.94. The van der Waals surface area contributed by atoms with Crippen molar-refractivity contribution in [3.63, 3.8) is 0 Å². The van der Waals surface area contributed by atoms with E-state index in [9.17, 15) is 4.79 Å². The van der Waals surface area contributed by atoms with E-state index in [4.69, 9.17) is 23.8 Å². The summed E-state index contributed by atoms with van der Waals surface area (Å²) in [6.45, 7) is 0.516. The average Bonchev–Trinajstić information content (AvgIpc) is 2.27. The van der Waals surface area contributed by atoms with Gasteiger partial charge >= 0.3 is 0 Å². The number of nitrogens with two attached hydrogens (primary N) is 1. The lowest BCUT2D eigenvalue weighted by molar-refractivity contribution is 0.0954. The van der Waals surface area contributed by atoms with Crippen LogP contribution in [0, 0.1) is 12.3 Å². The monoisotopic (exact) mass is 237 g/mol. The van der Waals surface area contributed by atoms with E-state index in [0.717, 1.165) is 6.42 Å². The van der Waals surface area contributed by atoms with Crippen LogP contribution in [0.5, 0.6) is 0 Å². The molecule has 84 valence electrons. The van der Waals surface area contributed by atoms with Gasteiger partial charge in [-0.15, -0.1) is 12.3 Å². The average molecular weight is 238 g/mol. The number of halogens is 1. The Bertz CT molecular complexity index is 426. The standard InChI is InChI=1S/C11H12ClN3O/c1-2-3-4-5-14-11(16)8-6-10(12)15-7-9(8)13/h1,6-7H,3-5,13H2,(H,14,16). The van der Waals surface area contributed by atoms with Crippen LogP contribution in [-0.2, 0) is 0 Å². The third-order valence-electron chi connectivity index (χ3n) is 1.93. The summed E-state index contributed by atoms with van der Waals surface area (Å²) in [6, 6.07) is 1.44. The van der Waals surface area contributed by atoms with Gasteiger partial charge in [0.05, 0.1) is 17.4 Å². The Morgan fingerprint density at radius 3 is 3.12 bits per heavy atom. The molecule has 4 nitrogen and oxygen atoms in total. The number of amides is 1. The van der Waals surface area contributed by atoms with Crippen molar-refractivity contribution in [3.8, 4) is 12.3 Å². The molecule has 3 N–H and O–H groups in total. The largest absolute Gasteiger partial charge is 0.397 e. The normalized spacial score (nSPS) is 9.50. The molecule has 0 radical (unpaired) electrons. The molecule has 0 atom stereocenters. The number of nitrogens with zero attached hydrogens (tertiary/aromatic N) is 1. The number of pyridine rings is 1. The van der Waals surface area contributed by atoms with Crippen molar-refractivity contribution in [1.82, 2.24) is 10.3 Å². The van der Waals surface area contributed by atoms with Crippen LogP contribution in [0.4, 0.5) is 5.69 Å². The molecule has 0 bridgehead atoms. The second kappa shape index (κ2) is 5.99. The highest BCUT2D eigenvalue weighted by Crippen LogP contribution is 2.14. The zero-order chi connectivity index (χ0) is 12.0. The molecule has 1 amide bonds. The van der Waals surface area contributed by atoms with Crippen LogP contribution in [0.25, 0.3) is 0 Å². The first-order chi connectivity index (χ1) is 7.65. The fourth-order valence-corrected chi connectivity index (χ4v) is 1.28. The third-order valence-corrected chi connectivity index (χ3v) is 2.14. The molecule has 0 fully saturated rings. The van der Waals surface area contributed by atoms with Crippen LogP contribution >= 0.6 is 11.6 Å². The maximum atomic E-state index is 11.7. The number of hydrogen-bond donors (Lipinski definition) is 2. The highest BCUT2D eigenvalue weighted by Gasteiger charge is 2.09. The second-order valence-corrected chi connectivity index (χ2v) is 3.55. The van der Waals surface area contributed by atoms with E-state index >= 15 is 0 Å². The van der Waals surface area contributed by atoms with E-state index in [-0.39, 0.29) is 11.1 Å². The quantitative estimate of drug-likeness (QED) is 0.473. The fourth-order valence-electron chi connectivity index (χ4n) is 1.12. The summed E-state index contributed by atoms with van der Waals surface area (Å²) in [5.74, 6) is 2.23. The van der Waals surface area contributed by atoms with E-state index in [1.54, 1.807) is 0 Å². The molecule has 0 saturated heterocycles. The number of hydrogen-bond acceptors (Lipinski definition) is 3. The van der Waals surface area contributed by atoms with Crippen LogP contribution in [0.1, 0.15) is 23.2 Å². The van der Waals surface area contributed by atoms with E-state index in [1.165, 1.54) is 12.3 Å². The van der Waals surface area contributed by atoms with Crippen LogP contribution < -0.4 is 11.1 Å². The zero-order valence-electron chi connectivity index (χ0n) is 8.66. The van der Waals surface area contributed by atoms with E-state index in [0.29, 0.717) is 24.2 Å². The topological polar surface area (TPSA) is 68.0 Å². The van der Waals surface area contributed by atoms with Gasteiger partial charge < -0.3 is 11.1 Å². The Kier molecular flexibility index (Phi) is 4.62. The zero-order valence-corrected chi connectivity index (χ0v) is 9.42. The molecule has 1 heterocycles. The van der Waals surface area contributed by atoms with E-state index in [2.05, 4.69) is 16.2 Å². The number of unbranched alkanes of at least 4 members (excludes halogenated alkanes) is 1. The van der Waals surface area contributed by atoms with Crippen molar-refractivity contribution in [1.29, 1.82) is 0 Å². The van der Waals surface area contributed by atoms with Crippen molar-refractivity contribution >= 4 is 23.2 Å². The molecular weight excluding hydrogens is 226 g/mol. The van der Waals surface area contributed by atoms with Gasteiger partial charge in [0, 0.05) is 13.0 Å². The molecular formula is C11H12ClN3O. The first-order valence-electron chi connectivity index (χ1n) is 4.78. The smallest absolute Gasteiger partial charge is 0.253 e. The van der Waals surface area contributed by atoms with Gasteiger partial charge in [-0.1, -0.05) is 11.6 Å². The molecule has 0 aliphatic rings. The van der Waals surface area contributed by atoms with Gasteiger partial charge in [0.2, 0.25) is 0 Å². The number of nitrogens with one attached hydrogen (secondary N) is 1. The SMILES string of the molecule is C#CCCCNC(=O)c1cc(Cl)ncc1N. The molecule has 0 unspecified atom stereocenters. The first-order valence-corrected chi connectivity index (χ1v) is 5.15. The van der Waals surface area contributed by atoms with Crippen LogP contribution in [0.15, 0.2) is 12.3 Å². The molecule has 1 aromatic heterocycles. The molecule has 1 aromatic rings. The molecule has 5 heteroatoms. The van der Waals surface area contributed by atoms with Gasteiger partial charge in [-0.05, 0) is 12.5 Å². The van der Waals surface area contributed by atoms with Gasteiger partial charge in [-0.2, -0.15) is 0 Å². The molecule has 0 aliphatic heterocycles. The summed E-state index contributed by atoms with van der Waals surface area (Å²) in [5.41, 5.74) is 6.24. The number of carbonyl (C=O) groups is 1. The Labute approximate surface area is 99.2 Å². The molecule has 0 aromatic carbocycles. The predicted octanol–water partition coefficient (Wildman–Crippen LogP) is 1.46. The van der Waals surface area contributed by atoms with Crippen molar-refractivity contribution in [2.75, 3.05) is 12.3 Å². The maximum Gasteiger partial charge on any atom is 0.253 e. The lowest BCUT2D eigenvalue weighted by atomic mass is 10.2. The minimum Gasteiger partial charge on any atom is -0.397 e. The maximum absolute atomic E-state index is 11.7. The number of aromatic nitrogens is 1. The van der Waals surface area contributed by atoms with Crippen molar-refractivity contribution < 1.29 is 4.79 Å². The van der Waals surface area contributed by atoms with Crippen molar-refractivity contribution in [3.05, 3.63) is 23.0 Å². The minimum absolute atomic E-state index is 0.239. The summed E-state index contributed by atoms with van der Waals surface area (Å²) < 4.78 is 0. The summed E-state index contributed by atoms with van der Waals surface area (Å²) in [6.07, 6.45) is 7.82. The molecule has 0 saturated carbocycles. The fraction of sp³-hybridized carbons (Fsp3) is 0.273. The molecule has 0 aliphatic carbocycles. The van der Waals surface area contributed by atoms with Gasteiger partial charge in [-0.25, -0.2) is 4.98 Å². The minimum atomic E-state index is -0.265. The summed E-state index contributed by atoms with van der Waals surface area (Å²) >= 11 is 5.67. The van der Waals surface area contributed by atoms with Crippen molar-refractivity contribution in [2.24, 2.45) is 0 Å². The summed E-state index contributed by atoms with van der Waals surface area (Å²) in [7, 11) is 0. The van der Waals surface area contributed by atoms with Gasteiger partial charge in [0.15, 0.2) is 0 Å². The highest BCUT2D eigenvalue weighted by molar-refractivity contribution is 6.29. The van der Waals surface area contributed by atoms with Crippen LogP contribution in [0.3, 0.4) is 0 Å². The molecule has 0 spiro atoms. The van der Waals surface area contributed by atoms with Crippen LogP contribution in [0.2, 0.25) is 5.15 Å². The highest BCUT2D eigenvalue weighted by atomic mass is 35.5. The molecule has 1 rings (SSSR count). The van der Waals surface area contributed by atoms with Crippen LogP contribution in [-0.4, -0.2) is 17.4 Å². The van der Waals surface area contributed by atoms with Gasteiger partial charge in [0.25, 0.3) is 5.91 Å². The lowest BCUT2D eigenvalue weighted by Gasteiger charge is -2.06. The third kappa shape index (κ3) is 3.44. The predicted molar refractivity (Wildman–Crippen MR) is 64.1 cm³/mol. The van der Waals surface area contributed by atoms with Crippen molar-refractivity contribution in [2.45, 2.75) is 12.8 Å².